The van der Waals surface area contributed by atoms with Gasteiger partial charge in [0, 0.05) is 63.7 Å². The van der Waals surface area contributed by atoms with Crippen molar-refractivity contribution in [1.82, 2.24) is 24.4 Å². The zero-order valence-corrected chi connectivity index (χ0v) is 21.0. The van der Waals surface area contributed by atoms with Gasteiger partial charge >= 0.3 is 6.18 Å². The number of anilines is 1. The van der Waals surface area contributed by atoms with Crippen molar-refractivity contribution in [2.75, 3.05) is 37.7 Å². The van der Waals surface area contributed by atoms with E-state index in [1.807, 2.05) is 11.9 Å². The van der Waals surface area contributed by atoms with Crippen LogP contribution in [0.15, 0.2) is 30.5 Å². The summed E-state index contributed by atoms with van der Waals surface area (Å²) in [4.78, 5) is 29.0. The summed E-state index contributed by atoms with van der Waals surface area (Å²) in [5.74, 6) is 1.39. The van der Waals surface area contributed by atoms with Crippen LogP contribution in [0.5, 0.6) is 5.88 Å². The SMILES string of the molecule is CC(=O)N1CCC(c2cc3ncc(N4CCCC(COc5cccc(C(F)(F)F)n5)C4)nc3n2C)CC1. The van der Waals surface area contributed by atoms with Gasteiger partial charge in [-0.25, -0.2) is 15.0 Å². The second-order valence-electron chi connectivity index (χ2n) is 9.97. The molecule has 37 heavy (non-hydrogen) atoms. The van der Waals surface area contributed by atoms with Gasteiger partial charge in [0.2, 0.25) is 11.8 Å². The number of fused-ring (bicyclic) bond motifs is 1. The van der Waals surface area contributed by atoms with E-state index >= 15 is 0 Å². The van der Waals surface area contributed by atoms with Gasteiger partial charge in [-0.05, 0) is 37.8 Å². The third kappa shape index (κ3) is 5.50. The maximum atomic E-state index is 12.9. The van der Waals surface area contributed by atoms with Crippen LogP contribution in [0.1, 0.15) is 49.9 Å². The standard InChI is InChI=1S/C26H31F3N6O2/c1-17(36)34-11-8-19(9-12-34)21-13-20-25(33(21)2)32-23(14-30-20)35-10-4-5-18(15-35)16-37-24-7-3-6-22(31-24)26(27,28)29/h3,6-7,13-14,18-19H,4-5,8-12,15-16H2,1-2H3. The Balaban J connectivity index is 1.25. The molecule has 0 bridgehead atoms. The lowest BCUT2D eigenvalue weighted by Gasteiger charge is -2.33. The first-order valence-electron chi connectivity index (χ1n) is 12.7. The number of aromatic nitrogens is 4. The second kappa shape index (κ2) is 10.2. The Morgan fingerprint density at radius 2 is 1.92 bits per heavy atom. The molecule has 2 fully saturated rings. The van der Waals surface area contributed by atoms with Gasteiger partial charge in [-0.2, -0.15) is 13.2 Å². The molecule has 1 amide bonds. The maximum absolute atomic E-state index is 12.9. The van der Waals surface area contributed by atoms with Gasteiger partial charge in [-0.1, -0.05) is 6.07 Å². The van der Waals surface area contributed by atoms with Crippen molar-refractivity contribution < 1.29 is 22.7 Å². The predicted molar refractivity (Wildman–Crippen MR) is 132 cm³/mol. The maximum Gasteiger partial charge on any atom is 0.433 e. The van der Waals surface area contributed by atoms with Crippen LogP contribution in [-0.2, 0) is 18.0 Å². The summed E-state index contributed by atoms with van der Waals surface area (Å²) in [6, 6.07) is 5.80. The Labute approximate surface area is 213 Å². The van der Waals surface area contributed by atoms with Crippen molar-refractivity contribution in [1.29, 1.82) is 0 Å². The fraction of sp³-hybridized carbons (Fsp3) is 0.538. The fourth-order valence-electron chi connectivity index (χ4n) is 5.39. The molecule has 0 saturated carbocycles. The number of nitrogens with zero attached hydrogens (tertiary/aromatic N) is 6. The van der Waals surface area contributed by atoms with E-state index in [0.717, 1.165) is 68.4 Å². The van der Waals surface area contributed by atoms with Crippen LogP contribution in [0.2, 0.25) is 0 Å². The largest absolute Gasteiger partial charge is 0.477 e. The van der Waals surface area contributed by atoms with Gasteiger partial charge < -0.3 is 19.1 Å². The third-order valence-corrected chi connectivity index (χ3v) is 7.44. The minimum Gasteiger partial charge on any atom is -0.477 e. The number of ether oxygens (including phenoxy) is 1. The highest BCUT2D eigenvalue weighted by molar-refractivity contribution is 5.75. The molecule has 8 nitrogen and oxygen atoms in total. The predicted octanol–water partition coefficient (Wildman–Crippen LogP) is 4.40. The molecule has 0 aliphatic carbocycles. The molecule has 0 N–H and O–H groups in total. The lowest BCUT2D eigenvalue weighted by atomic mass is 9.93. The van der Waals surface area contributed by atoms with E-state index in [2.05, 4.69) is 25.5 Å². The number of carbonyl (C=O) groups is 1. The summed E-state index contributed by atoms with van der Waals surface area (Å²) in [5, 5.41) is 0. The van der Waals surface area contributed by atoms with E-state index in [4.69, 9.17) is 9.72 Å². The molecule has 0 radical (unpaired) electrons. The number of piperidine rings is 2. The summed E-state index contributed by atoms with van der Waals surface area (Å²) in [7, 11) is 2.02. The first-order chi connectivity index (χ1) is 17.7. The molecule has 5 heterocycles. The highest BCUT2D eigenvalue weighted by Crippen LogP contribution is 2.32. The number of halogens is 3. The lowest BCUT2D eigenvalue weighted by molar-refractivity contribution is -0.141. The molecular formula is C26H31F3N6O2. The van der Waals surface area contributed by atoms with E-state index in [9.17, 15) is 18.0 Å². The monoisotopic (exact) mass is 516 g/mol. The van der Waals surface area contributed by atoms with Crippen LogP contribution in [0.3, 0.4) is 0 Å². The Morgan fingerprint density at radius 3 is 2.65 bits per heavy atom. The number of rotatable bonds is 5. The Hall–Kier alpha value is -3.37. The first kappa shape index (κ1) is 25.3. The van der Waals surface area contributed by atoms with Crippen LogP contribution in [0.25, 0.3) is 11.2 Å². The minimum atomic E-state index is -4.50. The Morgan fingerprint density at radius 1 is 1.14 bits per heavy atom. The number of amides is 1. The number of hydrogen-bond donors (Lipinski definition) is 0. The molecule has 0 aromatic carbocycles. The fourth-order valence-corrected chi connectivity index (χ4v) is 5.39. The molecule has 0 spiro atoms. The minimum absolute atomic E-state index is 0.0152. The average molecular weight is 517 g/mol. The zero-order valence-electron chi connectivity index (χ0n) is 21.0. The van der Waals surface area contributed by atoms with E-state index in [1.165, 1.54) is 17.8 Å². The molecule has 5 rings (SSSR count). The Bertz CT molecular complexity index is 1270. The molecule has 2 saturated heterocycles. The zero-order chi connectivity index (χ0) is 26.2. The smallest absolute Gasteiger partial charge is 0.433 e. The quantitative estimate of drug-likeness (QED) is 0.500. The molecule has 1 atom stereocenters. The van der Waals surface area contributed by atoms with Crippen molar-refractivity contribution in [2.24, 2.45) is 13.0 Å². The molecule has 2 aliphatic heterocycles. The molecule has 2 aliphatic rings. The van der Waals surface area contributed by atoms with Crippen LogP contribution in [0.4, 0.5) is 19.0 Å². The summed E-state index contributed by atoms with van der Waals surface area (Å²) >= 11 is 0. The topological polar surface area (TPSA) is 76.4 Å². The summed E-state index contributed by atoms with van der Waals surface area (Å²) in [6.45, 7) is 4.95. The summed E-state index contributed by atoms with van der Waals surface area (Å²) in [5.41, 5.74) is 1.91. The average Bonchev–Trinajstić information content (AvgIpc) is 3.23. The second-order valence-corrected chi connectivity index (χ2v) is 9.97. The van der Waals surface area contributed by atoms with Crippen LogP contribution < -0.4 is 9.64 Å². The molecule has 11 heteroatoms. The van der Waals surface area contributed by atoms with Gasteiger partial charge in [0.05, 0.1) is 12.8 Å². The molecule has 3 aromatic rings. The number of likely N-dealkylation sites (tertiary alicyclic amines) is 1. The lowest BCUT2D eigenvalue weighted by Crippen LogP contribution is -2.38. The Kier molecular flexibility index (Phi) is 6.96. The van der Waals surface area contributed by atoms with Crippen molar-refractivity contribution in [3.05, 3.63) is 41.9 Å². The normalized spacial score (nSPS) is 19.4. The van der Waals surface area contributed by atoms with Crippen molar-refractivity contribution in [3.8, 4) is 5.88 Å². The summed E-state index contributed by atoms with van der Waals surface area (Å²) in [6.07, 6.45) is 0.981. The van der Waals surface area contributed by atoms with Crippen molar-refractivity contribution in [3.63, 3.8) is 0 Å². The van der Waals surface area contributed by atoms with Crippen LogP contribution in [0, 0.1) is 5.92 Å². The number of aryl methyl sites for hydroxylation is 1. The highest BCUT2D eigenvalue weighted by Gasteiger charge is 2.33. The molecular weight excluding hydrogens is 485 g/mol. The van der Waals surface area contributed by atoms with Crippen LogP contribution in [-0.4, -0.2) is 63.1 Å². The molecule has 1 unspecified atom stereocenters. The number of hydrogen-bond acceptors (Lipinski definition) is 6. The van der Waals surface area contributed by atoms with E-state index < -0.39 is 11.9 Å². The van der Waals surface area contributed by atoms with E-state index in [-0.39, 0.29) is 24.3 Å². The number of alkyl halides is 3. The van der Waals surface area contributed by atoms with Gasteiger partial charge in [0.25, 0.3) is 0 Å². The van der Waals surface area contributed by atoms with E-state index in [0.29, 0.717) is 12.5 Å². The number of carbonyl (C=O) groups excluding carboxylic acids is 1. The molecule has 3 aromatic heterocycles. The third-order valence-electron chi connectivity index (χ3n) is 7.44. The highest BCUT2D eigenvalue weighted by atomic mass is 19.4. The first-order valence-corrected chi connectivity index (χ1v) is 12.7. The van der Waals surface area contributed by atoms with Crippen molar-refractivity contribution in [2.45, 2.75) is 44.7 Å². The van der Waals surface area contributed by atoms with Gasteiger partial charge in [-0.15, -0.1) is 0 Å². The summed E-state index contributed by atoms with van der Waals surface area (Å²) < 4.78 is 46.6. The molecule has 198 valence electrons. The van der Waals surface area contributed by atoms with E-state index in [1.54, 1.807) is 13.1 Å². The van der Waals surface area contributed by atoms with Crippen molar-refractivity contribution >= 4 is 22.9 Å². The number of pyridine rings is 1. The van der Waals surface area contributed by atoms with Gasteiger partial charge in [0.15, 0.2) is 5.65 Å². The van der Waals surface area contributed by atoms with Gasteiger partial charge in [0.1, 0.15) is 17.0 Å². The van der Waals surface area contributed by atoms with Crippen LogP contribution >= 0.6 is 0 Å². The van der Waals surface area contributed by atoms with Gasteiger partial charge in [-0.3, -0.25) is 4.79 Å².